The van der Waals surface area contributed by atoms with E-state index in [1.54, 1.807) is 6.20 Å². The zero-order valence-corrected chi connectivity index (χ0v) is 10.7. The van der Waals surface area contributed by atoms with Crippen molar-refractivity contribution in [2.75, 3.05) is 18.0 Å². The first kappa shape index (κ1) is 11.3. The van der Waals surface area contributed by atoms with E-state index in [1.807, 2.05) is 12.1 Å². The van der Waals surface area contributed by atoms with Gasteiger partial charge in [0.15, 0.2) is 0 Å². The summed E-state index contributed by atoms with van der Waals surface area (Å²) in [6, 6.07) is 5.30. The van der Waals surface area contributed by atoms with Crippen LogP contribution >= 0.6 is 11.6 Å². The maximum atomic E-state index is 5.89. The van der Waals surface area contributed by atoms with Gasteiger partial charge in [0, 0.05) is 24.8 Å². The lowest BCUT2D eigenvalue weighted by Gasteiger charge is -2.26. The Kier molecular flexibility index (Phi) is 3.21. The Balaban J connectivity index is 1.72. The molecule has 0 aromatic carbocycles. The zero-order valence-electron chi connectivity index (χ0n) is 9.90. The van der Waals surface area contributed by atoms with Crippen molar-refractivity contribution in [3.8, 4) is 0 Å². The first-order chi connectivity index (χ1) is 8.33. The minimum atomic E-state index is 0.632. The van der Waals surface area contributed by atoms with Crippen molar-refractivity contribution < 1.29 is 0 Å². The minimum absolute atomic E-state index is 0.632. The Hall–Kier alpha value is -0.800. The van der Waals surface area contributed by atoms with Crippen LogP contribution in [0.1, 0.15) is 25.7 Å². The molecule has 1 atom stereocenters. The molecular formula is C13H18ClN3. The average Bonchev–Trinajstić information content (AvgIpc) is 3.05. The van der Waals surface area contributed by atoms with Crippen molar-refractivity contribution >= 4 is 17.4 Å². The van der Waals surface area contributed by atoms with Gasteiger partial charge in [-0.1, -0.05) is 11.6 Å². The van der Waals surface area contributed by atoms with Gasteiger partial charge in [-0.25, -0.2) is 4.98 Å². The molecule has 2 heterocycles. The molecule has 1 unspecified atom stereocenters. The highest BCUT2D eigenvalue weighted by molar-refractivity contribution is 6.30. The lowest BCUT2D eigenvalue weighted by atomic mass is 10.2. The lowest BCUT2D eigenvalue weighted by molar-refractivity contribution is 0.575. The fourth-order valence-corrected chi connectivity index (χ4v) is 2.62. The van der Waals surface area contributed by atoms with Gasteiger partial charge in [0.25, 0.3) is 0 Å². The molecule has 2 aliphatic rings. The first-order valence-electron chi connectivity index (χ1n) is 6.44. The van der Waals surface area contributed by atoms with Crippen LogP contribution in [-0.2, 0) is 0 Å². The molecule has 1 aromatic heterocycles. The average molecular weight is 252 g/mol. The van der Waals surface area contributed by atoms with Gasteiger partial charge in [0.05, 0.1) is 5.02 Å². The lowest BCUT2D eigenvalue weighted by Crippen LogP contribution is -2.39. The zero-order chi connectivity index (χ0) is 11.7. The maximum Gasteiger partial charge on any atom is 0.128 e. The molecule has 17 heavy (non-hydrogen) atoms. The normalized spacial score (nSPS) is 23.9. The molecule has 0 spiro atoms. The summed E-state index contributed by atoms with van der Waals surface area (Å²) in [4.78, 5) is 6.89. The van der Waals surface area contributed by atoms with E-state index >= 15 is 0 Å². The highest BCUT2D eigenvalue weighted by atomic mass is 35.5. The van der Waals surface area contributed by atoms with Crippen molar-refractivity contribution in [3.05, 3.63) is 23.4 Å². The molecule has 4 heteroatoms. The summed E-state index contributed by atoms with van der Waals surface area (Å²) in [7, 11) is 0. The Morgan fingerprint density at radius 3 is 2.82 bits per heavy atom. The van der Waals surface area contributed by atoms with Crippen molar-refractivity contribution in [1.82, 2.24) is 10.3 Å². The summed E-state index contributed by atoms with van der Waals surface area (Å²) in [5.41, 5.74) is 0. The summed E-state index contributed by atoms with van der Waals surface area (Å²) in [6.07, 6.45) is 6.94. The predicted molar refractivity (Wildman–Crippen MR) is 70.6 cm³/mol. The molecule has 92 valence electrons. The van der Waals surface area contributed by atoms with Gasteiger partial charge in [-0.2, -0.15) is 0 Å². The van der Waals surface area contributed by atoms with E-state index in [-0.39, 0.29) is 0 Å². The molecule has 0 bridgehead atoms. The van der Waals surface area contributed by atoms with E-state index in [0.29, 0.717) is 17.1 Å². The van der Waals surface area contributed by atoms with Crippen LogP contribution in [0.5, 0.6) is 0 Å². The number of nitrogens with one attached hydrogen (secondary N) is 1. The van der Waals surface area contributed by atoms with Crippen LogP contribution in [0.3, 0.4) is 0 Å². The van der Waals surface area contributed by atoms with Gasteiger partial charge in [-0.05, 0) is 44.4 Å². The van der Waals surface area contributed by atoms with Crippen LogP contribution in [0.25, 0.3) is 0 Å². The molecule has 3 rings (SSSR count). The Labute approximate surface area is 107 Å². The van der Waals surface area contributed by atoms with Crippen molar-refractivity contribution in [1.29, 1.82) is 0 Å². The number of rotatable bonds is 4. The highest BCUT2D eigenvalue weighted by Crippen LogP contribution is 2.31. The van der Waals surface area contributed by atoms with E-state index in [2.05, 4.69) is 15.2 Å². The van der Waals surface area contributed by atoms with Crippen LogP contribution in [0.2, 0.25) is 5.02 Å². The quantitative estimate of drug-likeness (QED) is 0.891. The van der Waals surface area contributed by atoms with Gasteiger partial charge in [-0.15, -0.1) is 0 Å². The van der Waals surface area contributed by atoms with Gasteiger partial charge >= 0.3 is 0 Å². The number of nitrogens with zero attached hydrogens (tertiary/aromatic N) is 2. The summed E-state index contributed by atoms with van der Waals surface area (Å²) in [6.45, 7) is 2.25. The molecule has 1 saturated carbocycles. The predicted octanol–water partition coefficient (Wildman–Crippen LogP) is 2.46. The number of aromatic nitrogens is 1. The smallest absolute Gasteiger partial charge is 0.128 e. The standard InChI is InChI=1S/C13H18ClN3/c14-10-3-6-13(16-8-10)17(12-4-5-12)9-11-2-1-7-15-11/h3,6,8,11-12,15H,1-2,4-5,7,9H2. The van der Waals surface area contributed by atoms with E-state index in [0.717, 1.165) is 18.9 Å². The third kappa shape index (κ3) is 2.72. The molecule has 1 N–H and O–H groups in total. The van der Waals surface area contributed by atoms with E-state index in [4.69, 9.17) is 11.6 Å². The fourth-order valence-electron chi connectivity index (χ4n) is 2.50. The molecular weight excluding hydrogens is 234 g/mol. The molecule has 3 nitrogen and oxygen atoms in total. The van der Waals surface area contributed by atoms with E-state index in [1.165, 1.54) is 25.7 Å². The van der Waals surface area contributed by atoms with Gasteiger partial charge in [0.2, 0.25) is 0 Å². The third-order valence-electron chi connectivity index (χ3n) is 3.57. The number of hydrogen-bond donors (Lipinski definition) is 1. The van der Waals surface area contributed by atoms with E-state index in [9.17, 15) is 0 Å². The molecule has 1 saturated heterocycles. The van der Waals surface area contributed by atoms with Crippen LogP contribution in [-0.4, -0.2) is 30.2 Å². The topological polar surface area (TPSA) is 28.2 Å². The third-order valence-corrected chi connectivity index (χ3v) is 3.80. The summed E-state index contributed by atoms with van der Waals surface area (Å²) in [5, 5.41) is 4.27. The number of pyridine rings is 1. The second-order valence-electron chi connectivity index (χ2n) is 5.01. The van der Waals surface area contributed by atoms with Crippen molar-refractivity contribution in [2.24, 2.45) is 0 Å². The second kappa shape index (κ2) is 4.83. The summed E-state index contributed by atoms with van der Waals surface area (Å²) < 4.78 is 0. The summed E-state index contributed by atoms with van der Waals surface area (Å²) in [5.74, 6) is 1.07. The van der Waals surface area contributed by atoms with Crippen LogP contribution in [0.4, 0.5) is 5.82 Å². The number of hydrogen-bond acceptors (Lipinski definition) is 3. The van der Waals surface area contributed by atoms with Crippen LogP contribution < -0.4 is 10.2 Å². The molecule has 1 aromatic rings. The molecule has 0 amide bonds. The van der Waals surface area contributed by atoms with Crippen molar-refractivity contribution in [2.45, 2.75) is 37.8 Å². The Bertz CT molecular complexity index is 369. The monoisotopic (exact) mass is 251 g/mol. The Morgan fingerprint density at radius 2 is 2.24 bits per heavy atom. The molecule has 1 aliphatic heterocycles. The first-order valence-corrected chi connectivity index (χ1v) is 6.82. The van der Waals surface area contributed by atoms with E-state index < -0.39 is 0 Å². The molecule has 2 fully saturated rings. The maximum absolute atomic E-state index is 5.89. The Morgan fingerprint density at radius 1 is 1.35 bits per heavy atom. The van der Waals surface area contributed by atoms with Gasteiger partial charge in [-0.3, -0.25) is 0 Å². The van der Waals surface area contributed by atoms with Crippen LogP contribution in [0.15, 0.2) is 18.3 Å². The largest absolute Gasteiger partial charge is 0.352 e. The molecule has 0 radical (unpaired) electrons. The fraction of sp³-hybridized carbons (Fsp3) is 0.615. The van der Waals surface area contributed by atoms with Gasteiger partial charge in [0.1, 0.15) is 5.82 Å². The minimum Gasteiger partial charge on any atom is -0.352 e. The second-order valence-corrected chi connectivity index (χ2v) is 5.45. The van der Waals surface area contributed by atoms with Crippen molar-refractivity contribution in [3.63, 3.8) is 0 Å². The number of halogens is 1. The summed E-state index contributed by atoms with van der Waals surface area (Å²) >= 11 is 5.89. The van der Waals surface area contributed by atoms with Crippen LogP contribution in [0, 0.1) is 0 Å². The number of anilines is 1. The molecule has 1 aliphatic carbocycles. The SMILES string of the molecule is Clc1ccc(N(CC2CCCN2)C2CC2)nc1. The van der Waals surface area contributed by atoms with Gasteiger partial charge < -0.3 is 10.2 Å². The highest BCUT2D eigenvalue weighted by Gasteiger charge is 2.32.